The van der Waals surface area contributed by atoms with Crippen molar-refractivity contribution >= 4 is 0 Å². The van der Waals surface area contributed by atoms with Gasteiger partial charge in [-0.2, -0.15) is 0 Å². The lowest BCUT2D eigenvalue weighted by Crippen LogP contribution is -2.30. The molecule has 0 fully saturated rings. The summed E-state index contributed by atoms with van der Waals surface area (Å²) in [4.78, 5) is 0. The predicted octanol–water partition coefficient (Wildman–Crippen LogP) is 4.06. The Bertz CT molecular complexity index is 393. The van der Waals surface area contributed by atoms with E-state index in [9.17, 15) is 0 Å². The third kappa shape index (κ3) is 4.87. The minimum absolute atomic E-state index is 0.192. The molecular weight excluding hydrogens is 234 g/mol. The Morgan fingerprint density at radius 1 is 1.21 bits per heavy atom. The van der Waals surface area contributed by atoms with E-state index in [1.165, 1.54) is 11.1 Å². The molecule has 0 heterocycles. The van der Waals surface area contributed by atoms with Crippen molar-refractivity contribution in [3.63, 3.8) is 0 Å². The van der Waals surface area contributed by atoms with E-state index in [-0.39, 0.29) is 11.5 Å². The van der Waals surface area contributed by atoms with Gasteiger partial charge in [0.25, 0.3) is 0 Å². The summed E-state index contributed by atoms with van der Waals surface area (Å²) in [7, 11) is 0. The van der Waals surface area contributed by atoms with Gasteiger partial charge in [-0.3, -0.25) is 0 Å². The van der Waals surface area contributed by atoms with Crippen molar-refractivity contribution in [2.45, 2.75) is 59.5 Å². The van der Waals surface area contributed by atoms with E-state index in [1.54, 1.807) is 0 Å². The van der Waals surface area contributed by atoms with Crippen LogP contribution in [0.15, 0.2) is 18.2 Å². The maximum atomic E-state index is 6.10. The zero-order chi connectivity index (χ0) is 14.5. The molecule has 1 rings (SSSR count). The summed E-state index contributed by atoms with van der Waals surface area (Å²) in [5, 5.41) is 3.35. The molecule has 1 atom stereocenters. The van der Waals surface area contributed by atoms with Crippen LogP contribution in [-0.2, 0) is 5.41 Å². The lowest BCUT2D eigenvalue weighted by molar-refractivity contribution is 0.193. The predicted molar refractivity (Wildman–Crippen MR) is 83.1 cm³/mol. The third-order valence-electron chi connectivity index (χ3n) is 3.41. The van der Waals surface area contributed by atoms with Crippen LogP contribution in [0.4, 0.5) is 0 Å². The highest BCUT2D eigenvalue weighted by atomic mass is 16.5. The smallest absolute Gasteiger partial charge is 0.122 e. The quantitative estimate of drug-likeness (QED) is 0.835. The van der Waals surface area contributed by atoms with Crippen LogP contribution >= 0.6 is 0 Å². The topological polar surface area (TPSA) is 21.3 Å². The molecule has 1 N–H and O–H groups in total. The Hall–Kier alpha value is -1.02. The van der Waals surface area contributed by atoms with Gasteiger partial charge in [0.1, 0.15) is 11.9 Å². The maximum Gasteiger partial charge on any atom is 0.122 e. The van der Waals surface area contributed by atoms with Crippen LogP contribution in [0.1, 0.15) is 52.2 Å². The van der Waals surface area contributed by atoms with Crippen molar-refractivity contribution in [1.29, 1.82) is 0 Å². The van der Waals surface area contributed by atoms with Gasteiger partial charge in [0.05, 0.1) is 0 Å². The number of rotatable bonds is 6. The van der Waals surface area contributed by atoms with E-state index in [0.29, 0.717) is 0 Å². The van der Waals surface area contributed by atoms with E-state index < -0.39 is 0 Å². The van der Waals surface area contributed by atoms with Crippen LogP contribution in [0.3, 0.4) is 0 Å². The Balaban J connectivity index is 2.79. The average molecular weight is 263 g/mol. The molecule has 0 aliphatic carbocycles. The summed E-state index contributed by atoms with van der Waals surface area (Å²) >= 11 is 0. The van der Waals surface area contributed by atoms with Crippen molar-refractivity contribution in [1.82, 2.24) is 5.32 Å². The van der Waals surface area contributed by atoms with Crippen molar-refractivity contribution < 1.29 is 4.74 Å². The number of hydrogen-bond donors (Lipinski definition) is 1. The minimum Gasteiger partial charge on any atom is -0.489 e. The summed E-state index contributed by atoms with van der Waals surface area (Å²) in [6, 6.07) is 6.54. The minimum atomic E-state index is 0.192. The summed E-state index contributed by atoms with van der Waals surface area (Å²) in [5.74, 6) is 1.01. The first-order valence-electron chi connectivity index (χ1n) is 7.37. The largest absolute Gasteiger partial charge is 0.489 e. The van der Waals surface area contributed by atoms with Crippen LogP contribution < -0.4 is 10.1 Å². The molecule has 0 aliphatic rings. The molecule has 2 heteroatoms. The van der Waals surface area contributed by atoms with E-state index >= 15 is 0 Å². The number of ether oxygens (including phenoxy) is 1. The van der Waals surface area contributed by atoms with Crippen LogP contribution in [0.5, 0.6) is 5.75 Å². The second-order valence-electron chi connectivity index (χ2n) is 6.19. The average Bonchev–Trinajstić information content (AvgIpc) is 2.35. The molecule has 19 heavy (non-hydrogen) atoms. The van der Waals surface area contributed by atoms with Gasteiger partial charge in [-0.15, -0.1) is 0 Å². The molecule has 1 aromatic carbocycles. The summed E-state index contributed by atoms with van der Waals surface area (Å²) < 4.78 is 6.10. The second kappa shape index (κ2) is 6.95. The number of hydrogen-bond acceptors (Lipinski definition) is 2. The summed E-state index contributed by atoms with van der Waals surface area (Å²) in [5.41, 5.74) is 2.77. The molecule has 0 saturated carbocycles. The molecule has 0 radical (unpaired) electrons. The van der Waals surface area contributed by atoms with Gasteiger partial charge in [-0.1, -0.05) is 46.8 Å². The van der Waals surface area contributed by atoms with Crippen LogP contribution in [0.2, 0.25) is 0 Å². The van der Waals surface area contributed by atoms with Crippen LogP contribution in [0, 0.1) is 6.92 Å². The SMILES string of the molecule is CCNCC(CC)Oc1ccc(C(C)(C)C)cc1C. The summed E-state index contributed by atoms with van der Waals surface area (Å²) in [6.07, 6.45) is 1.27. The highest BCUT2D eigenvalue weighted by molar-refractivity contribution is 5.38. The molecule has 0 aromatic heterocycles. The zero-order valence-corrected chi connectivity index (χ0v) is 13.3. The summed E-state index contributed by atoms with van der Waals surface area (Å²) in [6.45, 7) is 15.0. The first-order valence-corrected chi connectivity index (χ1v) is 7.37. The molecule has 0 saturated heterocycles. The molecule has 0 bridgehead atoms. The van der Waals surface area contributed by atoms with Crippen molar-refractivity contribution in [3.8, 4) is 5.75 Å². The van der Waals surface area contributed by atoms with Gasteiger partial charge in [0, 0.05) is 6.54 Å². The lowest BCUT2D eigenvalue weighted by atomic mass is 9.86. The van der Waals surface area contributed by atoms with Crippen molar-refractivity contribution in [2.24, 2.45) is 0 Å². The fourth-order valence-electron chi connectivity index (χ4n) is 2.00. The van der Waals surface area contributed by atoms with Gasteiger partial charge in [-0.05, 0) is 42.5 Å². The van der Waals surface area contributed by atoms with E-state index in [0.717, 1.165) is 25.3 Å². The molecule has 108 valence electrons. The molecule has 2 nitrogen and oxygen atoms in total. The molecular formula is C17H29NO. The van der Waals surface area contributed by atoms with E-state index in [4.69, 9.17) is 4.74 Å². The van der Waals surface area contributed by atoms with Gasteiger partial charge in [0.2, 0.25) is 0 Å². The first-order chi connectivity index (χ1) is 8.88. The zero-order valence-electron chi connectivity index (χ0n) is 13.3. The second-order valence-corrected chi connectivity index (χ2v) is 6.19. The number of likely N-dealkylation sites (N-methyl/N-ethyl adjacent to an activating group) is 1. The first kappa shape index (κ1) is 16.0. The molecule has 0 aliphatic heterocycles. The number of aryl methyl sites for hydroxylation is 1. The van der Waals surface area contributed by atoms with Gasteiger partial charge < -0.3 is 10.1 Å². The Morgan fingerprint density at radius 3 is 2.37 bits per heavy atom. The number of benzene rings is 1. The fourth-order valence-corrected chi connectivity index (χ4v) is 2.00. The normalized spacial score (nSPS) is 13.4. The van der Waals surface area contributed by atoms with Crippen LogP contribution in [0.25, 0.3) is 0 Å². The van der Waals surface area contributed by atoms with Crippen LogP contribution in [-0.4, -0.2) is 19.2 Å². The fraction of sp³-hybridized carbons (Fsp3) is 0.647. The van der Waals surface area contributed by atoms with Gasteiger partial charge in [0.15, 0.2) is 0 Å². The number of nitrogens with one attached hydrogen (secondary N) is 1. The van der Waals surface area contributed by atoms with Gasteiger partial charge >= 0.3 is 0 Å². The molecule has 0 amide bonds. The van der Waals surface area contributed by atoms with E-state index in [2.05, 4.69) is 65.1 Å². The molecule has 1 unspecified atom stereocenters. The highest BCUT2D eigenvalue weighted by Crippen LogP contribution is 2.28. The maximum absolute atomic E-state index is 6.10. The standard InChI is InChI=1S/C17H29NO/c1-7-15(12-18-8-2)19-16-10-9-14(11-13(16)3)17(4,5)6/h9-11,15,18H,7-8,12H2,1-6H3. The molecule has 1 aromatic rings. The van der Waals surface area contributed by atoms with Crippen molar-refractivity contribution in [3.05, 3.63) is 29.3 Å². The van der Waals surface area contributed by atoms with Crippen molar-refractivity contribution in [2.75, 3.05) is 13.1 Å². The van der Waals surface area contributed by atoms with Gasteiger partial charge in [-0.25, -0.2) is 0 Å². The van der Waals surface area contributed by atoms with E-state index in [1.807, 2.05) is 0 Å². The third-order valence-corrected chi connectivity index (χ3v) is 3.41. The lowest BCUT2D eigenvalue weighted by Gasteiger charge is -2.23. The Kier molecular flexibility index (Phi) is 5.86. The Labute approximate surface area is 118 Å². The highest BCUT2D eigenvalue weighted by Gasteiger charge is 2.16. The monoisotopic (exact) mass is 263 g/mol. The molecule has 0 spiro atoms. The Morgan fingerprint density at radius 2 is 1.89 bits per heavy atom.